The molecule has 0 aliphatic carbocycles. The third-order valence-corrected chi connectivity index (χ3v) is 2.80. The van der Waals surface area contributed by atoms with Crippen molar-refractivity contribution in [3.8, 4) is 17.0 Å². The van der Waals surface area contributed by atoms with Crippen molar-refractivity contribution in [3.05, 3.63) is 29.2 Å². The van der Waals surface area contributed by atoms with Crippen LogP contribution in [0, 0.1) is 0 Å². The Kier molecular flexibility index (Phi) is 2.43. The Bertz CT molecular complexity index is 369. The topological polar surface area (TPSA) is 35.0 Å². The van der Waals surface area contributed by atoms with Gasteiger partial charge >= 0.3 is 82.0 Å². The van der Waals surface area contributed by atoms with E-state index in [4.69, 9.17) is 4.74 Å². The Hall–Kier alpha value is -1.12. The molecule has 1 aromatic heterocycles. The summed E-state index contributed by atoms with van der Waals surface area (Å²) in [5, 5.41) is 4.03. The van der Waals surface area contributed by atoms with Gasteiger partial charge in [-0.25, -0.2) is 0 Å². The quantitative estimate of drug-likeness (QED) is 0.739. The SMILES string of the molecule is COc1ccc(-c2c[se]nn2)cc1. The van der Waals surface area contributed by atoms with Crippen molar-refractivity contribution < 1.29 is 4.74 Å². The number of hydrogen-bond donors (Lipinski definition) is 0. The molecule has 4 heteroatoms. The maximum atomic E-state index is 5.06. The van der Waals surface area contributed by atoms with E-state index in [1.807, 2.05) is 24.3 Å². The molecule has 1 aromatic carbocycles. The van der Waals surface area contributed by atoms with Gasteiger partial charge < -0.3 is 0 Å². The van der Waals surface area contributed by atoms with E-state index in [1.54, 1.807) is 7.11 Å². The van der Waals surface area contributed by atoms with Gasteiger partial charge in [0.05, 0.1) is 0 Å². The summed E-state index contributed by atoms with van der Waals surface area (Å²) in [6.45, 7) is 0. The maximum absolute atomic E-state index is 5.06. The molecule has 0 saturated heterocycles. The molecule has 2 rings (SSSR count). The molecule has 0 N–H and O–H groups in total. The van der Waals surface area contributed by atoms with Crippen LogP contribution in [-0.2, 0) is 0 Å². The van der Waals surface area contributed by atoms with Gasteiger partial charge in [-0.3, -0.25) is 0 Å². The molecule has 0 bridgehead atoms. The first-order valence-electron chi connectivity index (χ1n) is 3.81. The van der Waals surface area contributed by atoms with Crippen LogP contribution < -0.4 is 4.74 Å². The molecule has 0 atom stereocenters. The van der Waals surface area contributed by atoms with Crippen LogP contribution in [0.2, 0.25) is 0 Å². The Morgan fingerprint density at radius 2 is 2.00 bits per heavy atom. The first-order chi connectivity index (χ1) is 6.40. The number of hydrogen-bond acceptors (Lipinski definition) is 3. The molecule has 0 aliphatic heterocycles. The van der Waals surface area contributed by atoms with Crippen molar-refractivity contribution >= 4 is 14.7 Å². The second-order valence-corrected chi connectivity index (χ2v) is 3.80. The van der Waals surface area contributed by atoms with E-state index in [0.29, 0.717) is 0 Å². The average molecular weight is 239 g/mol. The van der Waals surface area contributed by atoms with E-state index in [0.717, 1.165) is 17.0 Å². The van der Waals surface area contributed by atoms with Crippen LogP contribution in [0.5, 0.6) is 5.75 Å². The van der Waals surface area contributed by atoms with Gasteiger partial charge in [0.2, 0.25) is 0 Å². The minimum atomic E-state index is 0.204. The molecule has 0 amide bonds. The molecule has 1 heterocycles. The molecule has 13 heavy (non-hydrogen) atoms. The second-order valence-electron chi connectivity index (χ2n) is 2.52. The Morgan fingerprint density at radius 1 is 1.23 bits per heavy atom. The zero-order valence-corrected chi connectivity index (χ0v) is 8.81. The van der Waals surface area contributed by atoms with E-state index in [-0.39, 0.29) is 14.7 Å². The van der Waals surface area contributed by atoms with Crippen LogP contribution in [-0.4, -0.2) is 31.0 Å². The van der Waals surface area contributed by atoms with E-state index < -0.39 is 0 Å². The Balaban J connectivity index is 2.33. The molecule has 0 saturated carbocycles. The van der Waals surface area contributed by atoms with Gasteiger partial charge in [0.15, 0.2) is 0 Å². The summed E-state index contributed by atoms with van der Waals surface area (Å²) in [6, 6.07) is 7.84. The Morgan fingerprint density at radius 3 is 2.54 bits per heavy atom. The molecular formula is C9H8N2OSe. The van der Waals surface area contributed by atoms with Crippen LogP contribution in [0.4, 0.5) is 0 Å². The van der Waals surface area contributed by atoms with Gasteiger partial charge in [0.1, 0.15) is 0 Å². The molecule has 66 valence electrons. The van der Waals surface area contributed by atoms with Crippen LogP contribution in [0.3, 0.4) is 0 Å². The average Bonchev–Trinajstić information content (AvgIpc) is 2.71. The van der Waals surface area contributed by atoms with Crippen molar-refractivity contribution in [2.45, 2.75) is 0 Å². The molecule has 0 fully saturated rings. The molecule has 2 aromatic rings. The van der Waals surface area contributed by atoms with Gasteiger partial charge in [-0.05, 0) is 0 Å². The van der Waals surface area contributed by atoms with E-state index in [1.165, 1.54) is 0 Å². The van der Waals surface area contributed by atoms with Crippen LogP contribution >= 0.6 is 0 Å². The predicted octanol–water partition coefficient (Wildman–Crippen LogP) is 1.21. The zero-order valence-electron chi connectivity index (χ0n) is 7.10. The first-order valence-corrected chi connectivity index (χ1v) is 5.57. The fourth-order valence-corrected chi connectivity index (χ4v) is 2.03. The number of rotatable bonds is 2. The summed E-state index contributed by atoms with van der Waals surface area (Å²) >= 11 is 0.204. The van der Waals surface area contributed by atoms with Crippen molar-refractivity contribution in [3.63, 3.8) is 0 Å². The third-order valence-electron chi connectivity index (χ3n) is 1.75. The molecule has 3 nitrogen and oxygen atoms in total. The summed E-state index contributed by atoms with van der Waals surface area (Å²) in [6.07, 6.45) is 0. The monoisotopic (exact) mass is 240 g/mol. The summed E-state index contributed by atoms with van der Waals surface area (Å²) in [4.78, 5) is 2.06. The summed E-state index contributed by atoms with van der Waals surface area (Å²) < 4.78 is 9.01. The first kappa shape index (κ1) is 8.48. The van der Waals surface area contributed by atoms with Gasteiger partial charge in [0, 0.05) is 0 Å². The molecule has 0 spiro atoms. The number of methoxy groups -OCH3 is 1. The molecular weight excluding hydrogens is 231 g/mol. The van der Waals surface area contributed by atoms with Crippen LogP contribution in [0.15, 0.2) is 29.2 Å². The number of benzene rings is 1. The zero-order chi connectivity index (χ0) is 9.10. The fraction of sp³-hybridized carbons (Fsp3) is 0.111. The normalized spacial score (nSPS) is 9.92. The van der Waals surface area contributed by atoms with Crippen molar-refractivity contribution in [2.24, 2.45) is 0 Å². The van der Waals surface area contributed by atoms with Crippen molar-refractivity contribution in [2.75, 3.05) is 7.11 Å². The van der Waals surface area contributed by atoms with Crippen molar-refractivity contribution in [1.29, 1.82) is 0 Å². The van der Waals surface area contributed by atoms with Crippen molar-refractivity contribution in [1.82, 2.24) is 9.19 Å². The van der Waals surface area contributed by atoms with Crippen LogP contribution in [0.1, 0.15) is 0 Å². The third kappa shape index (κ3) is 1.79. The summed E-state index contributed by atoms with van der Waals surface area (Å²) in [7, 11) is 1.66. The number of aromatic nitrogens is 2. The predicted molar refractivity (Wildman–Crippen MR) is 51.0 cm³/mol. The summed E-state index contributed by atoms with van der Waals surface area (Å²) in [5.74, 6) is 0.866. The number of nitrogens with zero attached hydrogens (tertiary/aromatic N) is 2. The standard InChI is InChI=1S/C9H8N2OSe/c1-12-8-4-2-7(3-5-8)9-6-13-11-10-9/h2-6H,1H3. The van der Waals surface area contributed by atoms with Gasteiger partial charge in [0.25, 0.3) is 0 Å². The number of ether oxygens (including phenoxy) is 1. The fourth-order valence-electron chi connectivity index (χ4n) is 1.05. The second kappa shape index (κ2) is 3.73. The van der Waals surface area contributed by atoms with E-state index >= 15 is 0 Å². The molecule has 0 unspecified atom stereocenters. The van der Waals surface area contributed by atoms with Crippen LogP contribution in [0.25, 0.3) is 11.3 Å². The molecule has 0 aliphatic rings. The summed E-state index contributed by atoms with van der Waals surface area (Å²) in [5.41, 5.74) is 2.08. The Labute approximate surface area is 82.4 Å². The van der Waals surface area contributed by atoms with E-state index in [9.17, 15) is 0 Å². The van der Waals surface area contributed by atoms with Gasteiger partial charge in [-0.15, -0.1) is 0 Å². The molecule has 0 radical (unpaired) electrons. The van der Waals surface area contributed by atoms with Gasteiger partial charge in [-0.2, -0.15) is 0 Å². The minimum absolute atomic E-state index is 0.204. The van der Waals surface area contributed by atoms with E-state index in [2.05, 4.69) is 14.1 Å². The van der Waals surface area contributed by atoms with Gasteiger partial charge in [-0.1, -0.05) is 0 Å².